The second-order valence-corrected chi connectivity index (χ2v) is 4.64. The zero-order chi connectivity index (χ0) is 12.0. The van der Waals surface area contributed by atoms with Crippen LogP contribution in [0.2, 0.25) is 5.15 Å². The SMILES string of the molecule is CCc1cc(C(=O)NCCSC)cc(Cl)n1. The van der Waals surface area contributed by atoms with Crippen LogP contribution < -0.4 is 5.32 Å². The van der Waals surface area contributed by atoms with Gasteiger partial charge in [0.2, 0.25) is 0 Å². The fourth-order valence-electron chi connectivity index (χ4n) is 1.23. The van der Waals surface area contributed by atoms with E-state index in [2.05, 4.69) is 10.3 Å². The van der Waals surface area contributed by atoms with Crippen LogP contribution in [0.3, 0.4) is 0 Å². The Balaban J connectivity index is 2.71. The zero-order valence-corrected chi connectivity index (χ0v) is 11.0. The fourth-order valence-corrected chi connectivity index (χ4v) is 1.76. The highest BCUT2D eigenvalue weighted by Gasteiger charge is 2.07. The van der Waals surface area contributed by atoms with Gasteiger partial charge in [0, 0.05) is 23.6 Å². The number of aryl methyl sites for hydroxylation is 1. The molecule has 1 heterocycles. The van der Waals surface area contributed by atoms with Crippen molar-refractivity contribution in [3.8, 4) is 0 Å². The Morgan fingerprint density at radius 2 is 2.31 bits per heavy atom. The monoisotopic (exact) mass is 258 g/mol. The van der Waals surface area contributed by atoms with E-state index in [1.165, 1.54) is 0 Å². The summed E-state index contributed by atoms with van der Waals surface area (Å²) in [5, 5.41) is 3.20. The summed E-state index contributed by atoms with van der Waals surface area (Å²) in [6, 6.07) is 3.37. The highest BCUT2D eigenvalue weighted by molar-refractivity contribution is 7.98. The maximum absolute atomic E-state index is 11.7. The fraction of sp³-hybridized carbons (Fsp3) is 0.455. The van der Waals surface area contributed by atoms with E-state index in [1.54, 1.807) is 23.9 Å². The minimum atomic E-state index is -0.0898. The molecule has 0 radical (unpaired) electrons. The van der Waals surface area contributed by atoms with Gasteiger partial charge >= 0.3 is 0 Å². The lowest BCUT2D eigenvalue weighted by Crippen LogP contribution is -2.25. The molecule has 1 amide bonds. The van der Waals surface area contributed by atoms with Crippen molar-refractivity contribution in [2.45, 2.75) is 13.3 Å². The summed E-state index contributed by atoms with van der Waals surface area (Å²) in [6.07, 6.45) is 2.77. The molecule has 3 nitrogen and oxygen atoms in total. The van der Waals surface area contributed by atoms with Crippen LogP contribution in [0.25, 0.3) is 0 Å². The molecule has 0 aliphatic carbocycles. The Hall–Kier alpha value is -0.740. The van der Waals surface area contributed by atoms with Crippen molar-refractivity contribution in [2.75, 3.05) is 18.6 Å². The smallest absolute Gasteiger partial charge is 0.251 e. The molecule has 0 aliphatic rings. The second-order valence-electron chi connectivity index (χ2n) is 3.27. The molecule has 1 aromatic heterocycles. The summed E-state index contributed by atoms with van der Waals surface area (Å²) in [5.74, 6) is 0.818. The van der Waals surface area contributed by atoms with Gasteiger partial charge in [-0.1, -0.05) is 18.5 Å². The third kappa shape index (κ3) is 4.02. The van der Waals surface area contributed by atoms with Gasteiger partial charge in [-0.2, -0.15) is 11.8 Å². The molecule has 88 valence electrons. The Labute approximate surface area is 105 Å². The van der Waals surface area contributed by atoms with Gasteiger partial charge in [-0.05, 0) is 24.8 Å². The van der Waals surface area contributed by atoms with Crippen LogP contribution in [0.5, 0.6) is 0 Å². The molecular weight excluding hydrogens is 244 g/mol. The van der Waals surface area contributed by atoms with Gasteiger partial charge in [0.1, 0.15) is 5.15 Å². The maximum Gasteiger partial charge on any atom is 0.251 e. The normalized spacial score (nSPS) is 10.2. The second kappa shape index (κ2) is 6.76. The zero-order valence-electron chi connectivity index (χ0n) is 9.42. The van der Waals surface area contributed by atoms with Crippen molar-refractivity contribution in [1.29, 1.82) is 0 Å². The number of thioether (sulfide) groups is 1. The first-order valence-corrected chi connectivity index (χ1v) is 6.88. The van der Waals surface area contributed by atoms with Crippen molar-refractivity contribution in [1.82, 2.24) is 10.3 Å². The predicted molar refractivity (Wildman–Crippen MR) is 69.3 cm³/mol. The molecule has 16 heavy (non-hydrogen) atoms. The number of aromatic nitrogens is 1. The highest BCUT2D eigenvalue weighted by atomic mass is 35.5. The summed E-state index contributed by atoms with van der Waals surface area (Å²) in [4.78, 5) is 15.8. The number of amides is 1. The number of nitrogens with zero attached hydrogens (tertiary/aromatic N) is 1. The Morgan fingerprint density at radius 1 is 1.56 bits per heavy atom. The van der Waals surface area contributed by atoms with E-state index < -0.39 is 0 Å². The largest absolute Gasteiger partial charge is 0.351 e. The molecular formula is C11H15ClN2OS. The molecule has 0 saturated heterocycles. The molecule has 0 fully saturated rings. The van der Waals surface area contributed by atoms with Crippen molar-refractivity contribution in [3.05, 3.63) is 28.5 Å². The van der Waals surface area contributed by atoms with E-state index in [4.69, 9.17) is 11.6 Å². The number of hydrogen-bond acceptors (Lipinski definition) is 3. The van der Waals surface area contributed by atoms with Crippen molar-refractivity contribution in [3.63, 3.8) is 0 Å². The molecule has 1 rings (SSSR count). The van der Waals surface area contributed by atoms with Gasteiger partial charge in [0.15, 0.2) is 0 Å². The number of nitrogens with one attached hydrogen (secondary N) is 1. The van der Waals surface area contributed by atoms with Crippen LogP contribution >= 0.6 is 23.4 Å². The number of halogens is 1. The van der Waals surface area contributed by atoms with E-state index in [-0.39, 0.29) is 5.91 Å². The van der Waals surface area contributed by atoms with Crippen molar-refractivity contribution >= 4 is 29.3 Å². The lowest BCUT2D eigenvalue weighted by Gasteiger charge is -2.06. The Morgan fingerprint density at radius 3 is 2.94 bits per heavy atom. The predicted octanol–water partition coefficient (Wildman–Crippen LogP) is 2.39. The number of hydrogen-bond donors (Lipinski definition) is 1. The summed E-state index contributed by atoms with van der Waals surface area (Å²) >= 11 is 7.54. The van der Waals surface area contributed by atoms with E-state index in [0.29, 0.717) is 17.3 Å². The topological polar surface area (TPSA) is 42.0 Å². The summed E-state index contributed by atoms with van der Waals surface area (Å²) < 4.78 is 0. The van der Waals surface area contributed by atoms with E-state index in [9.17, 15) is 4.79 Å². The number of rotatable bonds is 5. The van der Waals surface area contributed by atoms with Crippen LogP contribution in [-0.4, -0.2) is 29.4 Å². The Bertz CT molecular complexity index is 371. The third-order valence-electron chi connectivity index (χ3n) is 2.06. The van der Waals surface area contributed by atoms with Gasteiger partial charge in [0.05, 0.1) is 0 Å². The summed E-state index contributed by atoms with van der Waals surface area (Å²) in [7, 11) is 0. The lowest BCUT2D eigenvalue weighted by atomic mass is 10.2. The maximum atomic E-state index is 11.7. The van der Waals surface area contributed by atoms with Crippen molar-refractivity contribution < 1.29 is 4.79 Å². The summed E-state index contributed by atoms with van der Waals surface area (Å²) in [5.41, 5.74) is 1.42. The van der Waals surface area contributed by atoms with E-state index in [1.807, 2.05) is 13.2 Å². The molecule has 1 N–H and O–H groups in total. The highest BCUT2D eigenvalue weighted by Crippen LogP contribution is 2.11. The average Bonchev–Trinajstić information content (AvgIpc) is 2.28. The first-order chi connectivity index (χ1) is 7.67. The molecule has 0 spiro atoms. The van der Waals surface area contributed by atoms with Crippen LogP contribution in [0.1, 0.15) is 23.0 Å². The quantitative estimate of drug-likeness (QED) is 0.651. The molecule has 1 aromatic rings. The van der Waals surface area contributed by atoms with E-state index >= 15 is 0 Å². The van der Waals surface area contributed by atoms with Crippen LogP contribution in [0, 0.1) is 0 Å². The molecule has 0 aliphatic heterocycles. The molecule has 0 unspecified atom stereocenters. The van der Waals surface area contributed by atoms with Crippen molar-refractivity contribution in [2.24, 2.45) is 0 Å². The molecule has 0 atom stereocenters. The molecule has 5 heteroatoms. The van der Waals surface area contributed by atoms with Crippen LogP contribution in [0.15, 0.2) is 12.1 Å². The summed E-state index contributed by atoms with van der Waals surface area (Å²) in [6.45, 7) is 2.65. The van der Waals surface area contributed by atoms with Gasteiger partial charge in [0.25, 0.3) is 5.91 Å². The van der Waals surface area contributed by atoms with Gasteiger partial charge in [-0.25, -0.2) is 4.98 Å². The van der Waals surface area contributed by atoms with Gasteiger partial charge in [-0.15, -0.1) is 0 Å². The third-order valence-corrected chi connectivity index (χ3v) is 2.87. The number of carbonyl (C=O) groups excluding carboxylic acids is 1. The van der Waals surface area contributed by atoms with E-state index in [0.717, 1.165) is 17.9 Å². The molecule has 0 bridgehead atoms. The van der Waals surface area contributed by atoms with Crippen LogP contribution in [0.4, 0.5) is 0 Å². The van der Waals surface area contributed by atoms with Gasteiger partial charge < -0.3 is 5.32 Å². The molecule has 0 aromatic carbocycles. The first kappa shape index (κ1) is 13.3. The van der Waals surface area contributed by atoms with Crippen LogP contribution in [-0.2, 0) is 6.42 Å². The first-order valence-electron chi connectivity index (χ1n) is 5.11. The lowest BCUT2D eigenvalue weighted by molar-refractivity contribution is 0.0956. The minimum absolute atomic E-state index is 0.0898. The van der Waals surface area contributed by atoms with Gasteiger partial charge in [-0.3, -0.25) is 4.79 Å². The number of carbonyl (C=O) groups is 1. The minimum Gasteiger partial charge on any atom is -0.351 e. The standard InChI is InChI=1S/C11H15ClN2OS/c1-3-9-6-8(7-10(12)14-9)11(15)13-4-5-16-2/h6-7H,3-5H2,1-2H3,(H,13,15). The average molecular weight is 259 g/mol. The number of pyridine rings is 1. The molecule has 0 saturated carbocycles. The Kier molecular flexibility index (Phi) is 5.63.